The van der Waals surface area contributed by atoms with E-state index in [2.05, 4.69) is 0 Å². The maximum atomic E-state index is 11.2. The van der Waals surface area contributed by atoms with Crippen molar-refractivity contribution in [3.05, 3.63) is 54.1 Å². The van der Waals surface area contributed by atoms with E-state index in [4.69, 9.17) is 10.00 Å². The predicted molar refractivity (Wildman–Crippen MR) is 75.2 cm³/mol. The molecular formula is C12H6N4O7. The van der Waals surface area contributed by atoms with Gasteiger partial charge >= 0.3 is 0 Å². The number of fused-ring (bicyclic) bond motifs is 1. The number of ether oxygens (including phenoxy) is 1. The number of benzene rings is 2. The summed E-state index contributed by atoms with van der Waals surface area (Å²) in [6.45, 7) is 0. The Bertz CT molecular complexity index is 916. The minimum Gasteiger partial charge on any atom is -0.495 e. The first-order valence-corrected chi connectivity index (χ1v) is 5.83. The van der Waals surface area contributed by atoms with Crippen molar-refractivity contribution < 1.29 is 19.5 Å². The molecule has 0 aromatic heterocycles. The minimum absolute atomic E-state index is 0.208. The summed E-state index contributed by atoms with van der Waals surface area (Å²) in [6, 6.07) is 4.02. The quantitative estimate of drug-likeness (QED) is 0.612. The predicted octanol–water partition coefficient (Wildman–Crippen LogP) is 2.44. The second-order valence-electron chi connectivity index (χ2n) is 4.25. The maximum absolute atomic E-state index is 11.2. The van der Waals surface area contributed by atoms with Crippen LogP contribution in [0.3, 0.4) is 0 Å². The van der Waals surface area contributed by atoms with Gasteiger partial charge < -0.3 is 4.74 Å². The molecule has 2 rings (SSSR count). The van der Waals surface area contributed by atoms with E-state index in [9.17, 15) is 30.3 Å². The number of nitro benzene ring substituents is 3. The van der Waals surface area contributed by atoms with Crippen LogP contribution in [0.15, 0.2) is 18.2 Å². The summed E-state index contributed by atoms with van der Waals surface area (Å²) in [7, 11) is 1.14. The molecular weight excluding hydrogens is 312 g/mol. The van der Waals surface area contributed by atoms with Crippen LogP contribution in [0.2, 0.25) is 0 Å². The molecule has 0 radical (unpaired) electrons. The molecule has 0 aliphatic carbocycles. The van der Waals surface area contributed by atoms with E-state index in [1.54, 1.807) is 6.07 Å². The fourth-order valence-corrected chi connectivity index (χ4v) is 2.18. The largest absolute Gasteiger partial charge is 0.495 e. The molecule has 0 saturated heterocycles. The maximum Gasteiger partial charge on any atom is 0.291 e. The molecule has 0 fully saturated rings. The van der Waals surface area contributed by atoms with Crippen molar-refractivity contribution in [1.82, 2.24) is 0 Å². The summed E-state index contributed by atoms with van der Waals surface area (Å²) in [6.07, 6.45) is 0. The Morgan fingerprint density at radius 3 is 2.00 bits per heavy atom. The smallest absolute Gasteiger partial charge is 0.291 e. The molecule has 0 aliphatic heterocycles. The Kier molecular flexibility index (Phi) is 3.74. The van der Waals surface area contributed by atoms with Crippen molar-refractivity contribution in [3.63, 3.8) is 0 Å². The van der Waals surface area contributed by atoms with Gasteiger partial charge in [-0.25, -0.2) is 0 Å². The van der Waals surface area contributed by atoms with Crippen LogP contribution in [0.1, 0.15) is 5.56 Å². The van der Waals surface area contributed by atoms with Gasteiger partial charge in [-0.15, -0.1) is 0 Å². The summed E-state index contributed by atoms with van der Waals surface area (Å²) >= 11 is 0. The van der Waals surface area contributed by atoms with Gasteiger partial charge in [0.2, 0.25) is 0 Å². The number of hydrogen-bond donors (Lipinski definition) is 0. The monoisotopic (exact) mass is 318 g/mol. The molecule has 0 unspecified atom stereocenters. The van der Waals surface area contributed by atoms with E-state index in [1.165, 1.54) is 0 Å². The van der Waals surface area contributed by atoms with E-state index in [0.717, 1.165) is 19.2 Å². The highest BCUT2D eigenvalue weighted by molar-refractivity contribution is 6.04. The van der Waals surface area contributed by atoms with Crippen LogP contribution in [-0.4, -0.2) is 21.9 Å². The van der Waals surface area contributed by atoms with Crippen LogP contribution in [0.4, 0.5) is 17.1 Å². The third-order valence-corrected chi connectivity index (χ3v) is 3.06. The standard InChI is InChI=1S/C12H6N4O7/c1-23-12-6(5-13)2-9(15(19)20)11-8(12)3-7(14(17)18)4-10(11)16(21)22/h2-4H,1H3. The van der Waals surface area contributed by atoms with Gasteiger partial charge in [-0.2, -0.15) is 5.26 Å². The highest BCUT2D eigenvalue weighted by Gasteiger charge is 2.30. The fourth-order valence-electron chi connectivity index (χ4n) is 2.18. The van der Waals surface area contributed by atoms with E-state index in [0.29, 0.717) is 6.07 Å². The number of hydrogen-bond acceptors (Lipinski definition) is 8. The summed E-state index contributed by atoms with van der Waals surface area (Å²) in [5, 5.41) is 41.6. The average molecular weight is 318 g/mol. The van der Waals surface area contributed by atoms with Crippen molar-refractivity contribution in [2.45, 2.75) is 0 Å². The molecule has 0 spiro atoms. The lowest BCUT2D eigenvalue weighted by Crippen LogP contribution is -2.00. The molecule has 0 bridgehead atoms. The zero-order valence-electron chi connectivity index (χ0n) is 11.4. The molecule has 2 aromatic rings. The lowest BCUT2D eigenvalue weighted by atomic mass is 10.0. The molecule has 0 aliphatic rings. The Labute approximate surface area is 126 Å². The van der Waals surface area contributed by atoms with Crippen molar-refractivity contribution in [1.29, 1.82) is 5.26 Å². The number of nitro groups is 3. The average Bonchev–Trinajstić information content (AvgIpc) is 2.51. The van der Waals surface area contributed by atoms with Gasteiger partial charge in [-0.1, -0.05) is 0 Å². The zero-order chi connectivity index (χ0) is 17.3. The van der Waals surface area contributed by atoms with Gasteiger partial charge in [0.25, 0.3) is 17.1 Å². The van der Waals surface area contributed by atoms with Crippen molar-refractivity contribution in [3.8, 4) is 11.8 Å². The molecule has 11 nitrogen and oxygen atoms in total. The van der Waals surface area contributed by atoms with Gasteiger partial charge in [0.1, 0.15) is 22.8 Å². The molecule has 0 N–H and O–H groups in total. The minimum atomic E-state index is -0.964. The number of rotatable bonds is 4. The van der Waals surface area contributed by atoms with E-state index in [-0.39, 0.29) is 16.7 Å². The molecule has 0 atom stereocenters. The van der Waals surface area contributed by atoms with Gasteiger partial charge in [-0.3, -0.25) is 30.3 Å². The second-order valence-corrected chi connectivity index (χ2v) is 4.25. The molecule has 0 amide bonds. The van der Waals surface area contributed by atoms with Crippen LogP contribution < -0.4 is 4.74 Å². The first kappa shape index (κ1) is 15.6. The highest BCUT2D eigenvalue weighted by atomic mass is 16.6. The van der Waals surface area contributed by atoms with Gasteiger partial charge in [-0.05, 0) is 0 Å². The number of non-ortho nitro benzene ring substituents is 3. The van der Waals surface area contributed by atoms with Crippen LogP contribution in [0.25, 0.3) is 10.8 Å². The number of nitriles is 1. The van der Waals surface area contributed by atoms with Crippen LogP contribution in [-0.2, 0) is 0 Å². The van der Waals surface area contributed by atoms with Gasteiger partial charge in [0, 0.05) is 17.5 Å². The SMILES string of the molecule is COc1c(C#N)cc([N+](=O)[O-])c2c([N+](=O)[O-])cc([N+](=O)[O-])cc12. The van der Waals surface area contributed by atoms with Crippen LogP contribution >= 0.6 is 0 Å². The zero-order valence-corrected chi connectivity index (χ0v) is 11.4. The normalized spacial score (nSPS) is 10.1. The third-order valence-electron chi connectivity index (χ3n) is 3.06. The molecule has 0 saturated carbocycles. The first-order valence-electron chi connectivity index (χ1n) is 5.83. The summed E-state index contributed by atoms with van der Waals surface area (Å²) in [5.74, 6) is -0.208. The third kappa shape index (κ3) is 2.44. The fraction of sp³-hybridized carbons (Fsp3) is 0.0833. The van der Waals surface area contributed by atoms with Gasteiger partial charge in [0.15, 0.2) is 0 Å². The number of nitrogens with zero attached hydrogens (tertiary/aromatic N) is 4. The lowest BCUT2D eigenvalue weighted by Gasteiger charge is -2.08. The number of methoxy groups -OCH3 is 1. The van der Waals surface area contributed by atoms with Crippen LogP contribution in [0.5, 0.6) is 5.75 Å². The van der Waals surface area contributed by atoms with E-state index < -0.39 is 37.2 Å². The van der Waals surface area contributed by atoms with Crippen molar-refractivity contribution >= 4 is 27.8 Å². The Morgan fingerprint density at radius 1 is 1.00 bits per heavy atom. The second kappa shape index (κ2) is 5.53. The molecule has 0 heterocycles. The topological polar surface area (TPSA) is 162 Å². The lowest BCUT2D eigenvalue weighted by molar-refractivity contribution is -0.395. The molecule has 11 heteroatoms. The first-order chi connectivity index (χ1) is 10.8. The van der Waals surface area contributed by atoms with Gasteiger partial charge in [0.05, 0.1) is 27.9 Å². The molecule has 116 valence electrons. The van der Waals surface area contributed by atoms with Crippen molar-refractivity contribution in [2.75, 3.05) is 7.11 Å². The van der Waals surface area contributed by atoms with E-state index in [1.807, 2.05) is 0 Å². The Balaban J connectivity index is 3.16. The highest BCUT2D eigenvalue weighted by Crippen LogP contribution is 2.43. The molecule has 23 heavy (non-hydrogen) atoms. The van der Waals surface area contributed by atoms with Crippen molar-refractivity contribution in [2.24, 2.45) is 0 Å². The summed E-state index contributed by atoms with van der Waals surface area (Å²) in [4.78, 5) is 30.5. The molecule has 2 aromatic carbocycles. The summed E-state index contributed by atoms with van der Waals surface area (Å²) < 4.78 is 4.96. The Morgan fingerprint density at radius 2 is 1.57 bits per heavy atom. The summed E-state index contributed by atoms with van der Waals surface area (Å²) in [5.41, 5.74) is -2.43. The van der Waals surface area contributed by atoms with E-state index >= 15 is 0 Å². The Hall–Kier alpha value is -3.81. The van der Waals surface area contributed by atoms with Crippen LogP contribution in [0, 0.1) is 41.7 Å².